The first kappa shape index (κ1) is 17.6. The van der Waals surface area contributed by atoms with Gasteiger partial charge in [-0.15, -0.1) is 10.2 Å². The number of carbonyl (C=O) groups excluding carboxylic acids is 1. The van der Waals surface area contributed by atoms with Gasteiger partial charge in [-0.2, -0.15) is 0 Å². The molecule has 1 N–H and O–H groups in total. The van der Waals surface area contributed by atoms with Crippen LogP contribution in [0.25, 0.3) is 11.5 Å². The van der Waals surface area contributed by atoms with Crippen LogP contribution in [-0.2, 0) is 11.3 Å². The molecule has 0 bridgehead atoms. The fourth-order valence-electron chi connectivity index (χ4n) is 2.23. The maximum absolute atomic E-state index is 12.1. The number of benzene rings is 1. The molecule has 6 nitrogen and oxygen atoms in total. The molecule has 0 aliphatic heterocycles. The number of pyridine rings is 1. The standard InChI is InChI=1S/C17H16BrN5OS/c1-2-23-16(14-5-3-4-10-19-14)21-22-17(23)25-11-15(24)20-13-8-6-12(18)7-9-13/h3-10H,2,11H2,1H3,(H,20,24). The molecule has 2 heterocycles. The Hall–Kier alpha value is -2.19. The van der Waals surface area contributed by atoms with Gasteiger partial charge in [-0.05, 0) is 43.3 Å². The lowest BCUT2D eigenvalue weighted by Gasteiger charge is -2.07. The summed E-state index contributed by atoms with van der Waals surface area (Å²) in [5.41, 5.74) is 1.53. The second kappa shape index (κ2) is 8.26. The van der Waals surface area contributed by atoms with Crippen LogP contribution < -0.4 is 5.32 Å². The Morgan fingerprint density at radius 2 is 2.00 bits per heavy atom. The number of hydrogen-bond donors (Lipinski definition) is 1. The molecule has 0 spiro atoms. The summed E-state index contributed by atoms with van der Waals surface area (Å²) in [6.07, 6.45) is 1.72. The smallest absolute Gasteiger partial charge is 0.234 e. The first-order valence-corrected chi connectivity index (χ1v) is 9.48. The van der Waals surface area contributed by atoms with Gasteiger partial charge in [0.25, 0.3) is 0 Å². The quantitative estimate of drug-likeness (QED) is 0.616. The van der Waals surface area contributed by atoms with Crippen molar-refractivity contribution < 1.29 is 4.79 Å². The summed E-state index contributed by atoms with van der Waals surface area (Å²) in [6, 6.07) is 13.1. The Morgan fingerprint density at radius 3 is 2.68 bits per heavy atom. The van der Waals surface area contributed by atoms with Crippen LogP contribution in [0.2, 0.25) is 0 Å². The third kappa shape index (κ3) is 4.46. The van der Waals surface area contributed by atoms with E-state index in [1.54, 1.807) is 6.20 Å². The average Bonchev–Trinajstić information content (AvgIpc) is 3.05. The number of thioether (sulfide) groups is 1. The molecule has 0 radical (unpaired) electrons. The highest BCUT2D eigenvalue weighted by Gasteiger charge is 2.15. The second-order valence-electron chi connectivity index (χ2n) is 5.11. The minimum absolute atomic E-state index is 0.0858. The molecule has 8 heteroatoms. The number of halogens is 1. The van der Waals surface area contributed by atoms with Gasteiger partial charge in [0.15, 0.2) is 11.0 Å². The van der Waals surface area contributed by atoms with E-state index in [1.807, 2.05) is 54.0 Å². The third-order valence-corrected chi connectivity index (χ3v) is 4.88. The van der Waals surface area contributed by atoms with Crippen LogP contribution in [-0.4, -0.2) is 31.4 Å². The Morgan fingerprint density at radius 1 is 1.20 bits per heavy atom. The average molecular weight is 418 g/mol. The molecule has 0 fully saturated rings. The largest absolute Gasteiger partial charge is 0.325 e. The zero-order chi connectivity index (χ0) is 17.6. The minimum atomic E-state index is -0.0858. The third-order valence-electron chi connectivity index (χ3n) is 3.39. The van der Waals surface area contributed by atoms with E-state index in [0.29, 0.717) is 17.5 Å². The molecule has 128 valence electrons. The van der Waals surface area contributed by atoms with E-state index in [2.05, 4.69) is 36.4 Å². The van der Waals surface area contributed by atoms with Gasteiger partial charge in [0.05, 0.1) is 5.75 Å². The number of nitrogens with zero attached hydrogens (tertiary/aromatic N) is 4. The molecular formula is C17H16BrN5OS. The fraction of sp³-hybridized carbons (Fsp3) is 0.176. The highest BCUT2D eigenvalue weighted by Crippen LogP contribution is 2.23. The summed E-state index contributed by atoms with van der Waals surface area (Å²) in [6.45, 7) is 2.72. The van der Waals surface area contributed by atoms with Gasteiger partial charge >= 0.3 is 0 Å². The summed E-state index contributed by atoms with van der Waals surface area (Å²) in [5.74, 6) is 0.882. The van der Waals surface area contributed by atoms with Gasteiger partial charge in [0.2, 0.25) is 5.91 Å². The number of amides is 1. The molecule has 25 heavy (non-hydrogen) atoms. The van der Waals surface area contributed by atoms with Crippen molar-refractivity contribution in [3.63, 3.8) is 0 Å². The lowest BCUT2D eigenvalue weighted by atomic mass is 10.3. The minimum Gasteiger partial charge on any atom is -0.325 e. The summed E-state index contributed by atoms with van der Waals surface area (Å²) < 4.78 is 2.93. The Labute approximate surface area is 158 Å². The van der Waals surface area contributed by atoms with Crippen LogP contribution in [0.5, 0.6) is 0 Å². The highest BCUT2D eigenvalue weighted by molar-refractivity contribution is 9.10. The van der Waals surface area contributed by atoms with Gasteiger partial charge in [0, 0.05) is 22.9 Å². The summed E-state index contributed by atoms with van der Waals surface area (Å²) >= 11 is 4.73. The number of aromatic nitrogens is 4. The van der Waals surface area contributed by atoms with Crippen molar-refractivity contribution in [1.29, 1.82) is 0 Å². The van der Waals surface area contributed by atoms with Gasteiger partial charge in [-0.3, -0.25) is 9.78 Å². The predicted octanol–water partition coefficient (Wildman–Crippen LogP) is 3.85. The summed E-state index contributed by atoms with van der Waals surface area (Å²) in [5, 5.41) is 12.0. The van der Waals surface area contributed by atoms with Gasteiger partial charge in [-0.25, -0.2) is 0 Å². The SMILES string of the molecule is CCn1c(SCC(=O)Nc2ccc(Br)cc2)nnc1-c1ccccn1. The Bertz CT molecular complexity index is 851. The summed E-state index contributed by atoms with van der Waals surface area (Å²) in [4.78, 5) is 16.4. The van der Waals surface area contributed by atoms with Crippen molar-refractivity contribution in [3.05, 3.63) is 53.1 Å². The molecule has 0 unspecified atom stereocenters. The Kier molecular flexibility index (Phi) is 5.83. The van der Waals surface area contributed by atoms with Crippen LogP contribution in [0, 0.1) is 0 Å². The zero-order valence-corrected chi connectivity index (χ0v) is 15.9. The topological polar surface area (TPSA) is 72.7 Å². The van der Waals surface area contributed by atoms with Crippen LogP contribution >= 0.6 is 27.7 Å². The number of hydrogen-bond acceptors (Lipinski definition) is 5. The molecule has 0 aliphatic rings. The molecule has 3 aromatic rings. The number of carbonyl (C=O) groups is 1. The highest BCUT2D eigenvalue weighted by atomic mass is 79.9. The van der Waals surface area contributed by atoms with E-state index in [9.17, 15) is 4.79 Å². The zero-order valence-electron chi connectivity index (χ0n) is 13.5. The van der Waals surface area contributed by atoms with Crippen molar-refractivity contribution in [1.82, 2.24) is 19.7 Å². The summed E-state index contributed by atoms with van der Waals surface area (Å²) in [7, 11) is 0. The van der Waals surface area contributed by atoms with E-state index in [4.69, 9.17) is 0 Å². The van der Waals surface area contributed by atoms with E-state index < -0.39 is 0 Å². The maximum Gasteiger partial charge on any atom is 0.234 e. The monoisotopic (exact) mass is 417 g/mol. The van der Waals surface area contributed by atoms with E-state index in [0.717, 1.165) is 15.9 Å². The number of rotatable bonds is 6. The van der Waals surface area contributed by atoms with E-state index >= 15 is 0 Å². The molecule has 2 aromatic heterocycles. The van der Waals surface area contributed by atoms with Crippen molar-refractivity contribution in [2.24, 2.45) is 0 Å². The first-order chi connectivity index (χ1) is 12.2. The van der Waals surface area contributed by atoms with Crippen molar-refractivity contribution in [2.45, 2.75) is 18.6 Å². The molecule has 1 amide bonds. The van der Waals surface area contributed by atoms with E-state index in [-0.39, 0.29) is 11.7 Å². The van der Waals surface area contributed by atoms with Gasteiger partial charge < -0.3 is 9.88 Å². The lowest BCUT2D eigenvalue weighted by molar-refractivity contribution is -0.113. The van der Waals surface area contributed by atoms with Crippen molar-refractivity contribution in [2.75, 3.05) is 11.1 Å². The molecule has 0 aliphatic carbocycles. The molecule has 1 aromatic carbocycles. The molecular weight excluding hydrogens is 402 g/mol. The maximum atomic E-state index is 12.1. The molecule has 0 saturated heterocycles. The van der Waals surface area contributed by atoms with Crippen LogP contribution in [0.3, 0.4) is 0 Å². The van der Waals surface area contributed by atoms with Crippen LogP contribution in [0.4, 0.5) is 5.69 Å². The van der Waals surface area contributed by atoms with Crippen LogP contribution in [0.15, 0.2) is 58.3 Å². The predicted molar refractivity (Wildman–Crippen MR) is 102 cm³/mol. The lowest BCUT2D eigenvalue weighted by Crippen LogP contribution is -2.14. The number of anilines is 1. The van der Waals surface area contributed by atoms with Gasteiger partial charge in [-0.1, -0.05) is 33.8 Å². The first-order valence-electron chi connectivity index (χ1n) is 7.70. The molecule has 0 saturated carbocycles. The van der Waals surface area contributed by atoms with E-state index in [1.165, 1.54) is 11.8 Å². The second-order valence-corrected chi connectivity index (χ2v) is 6.97. The fourth-order valence-corrected chi connectivity index (χ4v) is 3.29. The Balaban J connectivity index is 1.66. The molecule has 3 rings (SSSR count). The number of nitrogens with one attached hydrogen (secondary N) is 1. The van der Waals surface area contributed by atoms with Gasteiger partial charge in [0.1, 0.15) is 5.69 Å². The molecule has 0 atom stereocenters. The normalized spacial score (nSPS) is 10.6. The van der Waals surface area contributed by atoms with Crippen molar-refractivity contribution >= 4 is 39.3 Å². The van der Waals surface area contributed by atoms with Crippen LogP contribution in [0.1, 0.15) is 6.92 Å². The van der Waals surface area contributed by atoms with Crippen molar-refractivity contribution in [3.8, 4) is 11.5 Å².